The van der Waals surface area contributed by atoms with E-state index >= 15 is 0 Å². The number of nitrogens with zero attached hydrogens (tertiary/aromatic N) is 2. The molecular weight excluding hydrogens is 212 g/mol. The minimum atomic E-state index is -2.01. The molecule has 0 aliphatic carbocycles. The summed E-state index contributed by atoms with van der Waals surface area (Å²) in [5, 5.41) is 1.05. The van der Waals surface area contributed by atoms with Crippen molar-refractivity contribution in [1.29, 1.82) is 0 Å². The maximum absolute atomic E-state index is 7.65. The fourth-order valence-corrected chi connectivity index (χ4v) is 1.81. The Hall–Kier alpha value is -1.48. The van der Waals surface area contributed by atoms with Crippen molar-refractivity contribution in [2.24, 2.45) is 0 Å². The number of fused-ring (bicyclic) bond motifs is 1. The third kappa shape index (κ3) is 2.44. The maximum Gasteiger partial charge on any atom is 0.119 e. The molecule has 0 radical (unpaired) electrons. The largest absolute Gasteiger partial charge is 0.497 e. The minimum absolute atomic E-state index is 0.430. The van der Waals surface area contributed by atoms with Gasteiger partial charge in [-0.3, -0.25) is 0 Å². The number of benzene rings is 1. The van der Waals surface area contributed by atoms with Crippen molar-refractivity contribution in [2.45, 2.75) is 19.4 Å². The first-order valence-electron chi connectivity index (χ1n) is 7.12. The van der Waals surface area contributed by atoms with E-state index in [1.54, 1.807) is 26.1 Å². The van der Waals surface area contributed by atoms with Gasteiger partial charge >= 0.3 is 0 Å². The molecule has 0 saturated carbocycles. The molecule has 1 atom stereocenters. The second-order valence-corrected chi connectivity index (χ2v) is 4.37. The standard InChI is InChI=1S/C14H20N2O/c1-11(15(2)3)10-16-8-7-12-9-13(17-4)5-6-14(12)16/h5-9,11H,10H2,1-4H3/t11-/m1/s1/i1D3. The Morgan fingerprint density at radius 1 is 1.41 bits per heavy atom. The normalized spacial score (nSPS) is 16.6. The molecule has 1 heterocycles. The molecule has 92 valence electrons. The van der Waals surface area contributed by atoms with Gasteiger partial charge in [-0.2, -0.15) is 0 Å². The molecule has 0 spiro atoms. The average molecular weight is 235 g/mol. The summed E-state index contributed by atoms with van der Waals surface area (Å²) < 4.78 is 30.1. The van der Waals surface area contributed by atoms with Gasteiger partial charge in [0.05, 0.1) is 7.11 Å². The van der Waals surface area contributed by atoms with Gasteiger partial charge in [-0.05, 0) is 45.2 Å². The van der Waals surface area contributed by atoms with Crippen LogP contribution in [0, 0.1) is 0 Å². The van der Waals surface area contributed by atoms with Crippen LogP contribution in [0.4, 0.5) is 0 Å². The van der Waals surface area contributed by atoms with Crippen LogP contribution in [0.5, 0.6) is 5.75 Å². The van der Waals surface area contributed by atoms with E-state index in [0.717, 1.165) is 16.7 Å². The highest BCUT2D eigenvalue weighted by Crippen LogP contribution is 2.22. The van der Waals surface area contributed by atoms with Crippen molar-refractivity contribution >= 4 is 10.9 Å². The van der Waals surface area contributed by atoms with E-state index < -0.39 is 12.9 Å². The van der Waals surface area contributed by atoms with Crippen molar-refractivity contribution < 1.29 is 8.85 Å². The monoisotopic (exact) mass is 235 g/mol. The Morgan fingerprint density at radius 2 is 2.24 bits per heavy atom. The molecule has 3 heteroatoms. The van der Waals surface area contributed by atoms with Crippen LogP contribution in [-0.4, -0.2) is 36.7 Å². The number of hydrogen-bond donors (Lipinski definition) is 0. The molecule has 17 heavy (non-hydrogen) atoms. The lowest BCUT2D eigenvalue weighted by Gasteiger charge is -2.20. The van der Waals surface area contributed by atoms with Crippen LogP contribution in [0.15, 0.2) is 30.5 Å². The molecule has 2 aromatic rings. The second-order valence-electron chi connectivity index (χ2n) is 4.37. The fraction of sp³-hybridized carbons (Fsp3) is 0.429. The van der Waals surface area contributed by atoms with Gasteiger partial charge in [0, 0.05) is 33.8 Å². The summed E-state index contributed by atoms with van der Waals surface area (Å²) in [5.41, 5.74) is 1.02. The molecule has 1 aromatic carbocycles. The molecule has 0 bridgehead atoms. The van der Waals surface area contributed by atoms with E-state index in [9.17, 15) is 0 Å². The zero-order valence-electron chi connectivity index (χ0n) is 13.5. The van der Waals surface area contributed by atoms with Gasteiger partial charge in [-0.25, -0.2) is 0 Å². The van der Waals surface area contributed by atoms with Crippen molar-refractivity contribution in [3.8, 4) is 5.75 Å². The molecule has 0 aliphatic heterocycles. The smallest absolute Gasteiger partial charge is 0.119 e. The topological polar surface area (TPSA) is 17.4 Å². The highest BCUT2D eigenvalue weighted by molar-refractivity contribution is 5.81. The summed E-state index contributed by atoms with van der Waals surface area (Å²) in [5.74, 6) is 0.801. The first-order valence-corrected chi connectivity index (χ1v) is 5.62. The van der Waals surface area contributed by atoms with Gasteiger partial charge in [0.2, 0.25) is 0 Å². The van der Waals surface area contributed by atoms with Gasteiger partial charge in [0.1, 0.15) is 5.75 Å². The van der Waals surface area contributed by atoms with E-state index in [-0.39, 0.29) is 0 Å². The Kier molecular flexibility index (Phi) is 2.42. The van der Waals surface area contributed by atoms with Gasteiger partial charge < -0.3 is 14.2 Å². The number of hydrogen-bond acceptors (Lipinski definition) is 2. The molecule has 0 fully saturated rings. The molecule has 3 nitrogen and oxygen atoms in total. The van der Waals surface area contributed by atoms with Crippen LogP contribution < -0.4 is 4.74 Å². The van der Waals surface area contributed by atoms with Crippen LogP contribution in [-0.2, 0) is 6.54 Å². The summed E-state index contributed by atoms with van der Waals surface area (Å²) in [6, 6.07) is 7.26. The summed E-state index contributed by atoms with van der Waals surface area (Å²) in [6.07, 6.45) is 1.92. The van der Waals surface area contributed by atoms with Gasteiger partial charge in [0.15, 0.2) is 0 Å². The first kappa shape index (κ1) is 8.59. The molecule has 1 aromatic heterocycles. The molecule has 0 saturated heterocycles. The molecule has 2 rings (SSSR count). The first-order chi connectivity index (χ1) is 9.32. The van der Waals surface area contributed by atoms with E-state index in [2.05, 4.69) is 0 Å². The summed E-state index contributed by atoms with van der Waals surface area (Å²) in [7, 11) is 5.23. The third-order valence-corrected chi connectivity index (χ3v) is 2.97. The molecule has 0 unspecified atom stereocenters. The zero-order chi connectivity index (χ0) is 14.9. The van der Waals surface area contributed by atoms with Gasteiger partial charge in [-0.1, -0.05) is 0 Å². The van der Waals surface area contributed by atoms with Crippen molar-refractivity contribution in [2.75, 3.05) is 21.2 Å². The SMILES string of the molecule is [2H]C([2H])([2H])[C@H](Cn1ccc2cc(OC)ccc21)N(C)C. The number of rotatable bonds is 4. The Morgan fingerprint density at radius 3 is 2.88 bits per heavy atom. The lowest BCUT2D eigenvalue weighted by Crippen LogP contribution is -2.28. The predicted octanol–water partition coefficient (Wildman–Crippen LogP) is 2.60. The summed E-state index contributed by atoms with van der Waals surface area (Å²) >= 11 is 0. The van der Waals surface area contributed by atoms with E-state index in [1.165, 1.54) is 0 Å². The van der Waals surface area contributed by atoms with Crippen LogP contribution in [0.1, 0.15) is 11.0 Å². The Balaban J connectivity index is 2.33. The molecule has 0 N–H and O–H groups in total. The average Bonchev–Trinajstić information content (AvgIpc) is 2.76. The van der Waals surface area contributed by atoms with E-state index in [4.69, 9.17) is 8.85 Å². The summed E-state index contributed by atoms with van der Waals surface area (Å²) in [4.78, 5) is 1.75. The van der Waals surface area contributed by atoms with Crippen molar-refractivity contribution in [3.63, 3.8) is 0 Å². The van der Waals surface area contributed by atoms with Crippen molar-refractivity contribution in [3.05, 3.63) is 30.5 Å². The quantitative estimate of drug-likeness (QED) is 0.810. The molecule has 0 amide bonds. The number of aromatic nitrogens is 1. The lowest BCUT2D eigenvalue weighted by molar-refractivity contribution is 0.286. The second kappa shape index (κ2) is 4.80. The van der Waals surface area contributed by atoms with Crippen molar-refractivity contribution in [1.82, 2.24) is 9.47 Å². The summed E-state index contributed by atoms with van der Waals surface area (Å²) in [6.45, 7) is -1.58. The highest BCUT2D eigenvalue weighted by atomic mass is 16.5. The van der Waals surface area contributed by atoms with E-state index in [0.29, 0.717) is 6.54 Å². The lowest BCUT2D eigenvalue weighted by atomic mass is 10.2. The maximum atomic E-state index is 7.65. The van der Waals surface area contributed by atoms with Crippen LogP contribution in [0.2, 0.25) is 0 Å². The molecule has 0 aliphatic rings. The molecular formula is C14H20N2O. The van der Waals surface area contributed by atoms with Crippen LogP contribution >= 0.6 is 0 Å². The zero-order valence-corrected chi connectivity index (χ0v) is 10.5. The van der Waals surface area contributed by atoms with Crippen LogP contribution in [0.25, 0.3) is 10.9 Å². The van der Waals surface area contributed by atoms with E-state index in [1.807, 2.05) is 35.0 Å². The number of likely N-dealkylation sites (N-methyl/N-ethyl adjacent to an activating group) is 1. The minimum Gasteiger partial charge on any atom is -0.497 e. The third-order valence-electron chi connectivity index (χ3n) is 2.97. The Bertz CT molecular complexity index is 590. The van der Waals surface area contributed by atoms with Gasteiger partial charge in [0.25, 0.3) is 0 Å². The van der Waals surface area contributed by atoms with Crippen LogP contribution in [0.3, 0.4) is 0 Å². The number of ether oxygens (including phenoxy) is 1. The number of methoxy groups -OCH3 is 1. The highest BCUT2D eigenvalue weighted by Gasteiger charge is 2.08. The fourth-order valence-electron chi connectivity index (χ4n) is 1.81. The van der Waals surface area contributed by atoms with Gasteiger partial charge in [-0.15, -0.1) is 0 Å². The Labute approximate surface area is 107 Å². The predicted molar refractivity (Wildman–Crippen MR) is 71.6 cm³/mol.